The molecule has 1 atom stereocenters. The van der Waals surface area contributed by atoms with Crippen LogP contribution in [-0.2, 0) is 43.5 Å². The molecule has 3 aromatic heterocycles. The molecule has 58 heavy (non-hydrogen) atoms. The van der Waals surface area contributed by atoms with Gasteiger partial charge in [0.1, 0.15) is 36.5 Å². The van der Waals surface area contributed by atoms with E-state index in [9.17, 15) is 24.0 Å². The third-order valence-corrected chi connectivity index (χ3v) is 10.5. The molecule has 17 heteroatoms. The van der Waals surface area contributed by atoms with Crippen molar-refractivity contribution in [1.82, 2.24) is 29.2 Å². The molecule has 0 radical (unpaired) electrons. The van der Waals surface area contributed by atoms with Gasteiger partial charge in [0.25, 0.3) is 5.56 Å². The van der Waals surface area contributed by atoms with Crippen LogP contribution in [0.25, 0.3) is 11.0 Å². The second kappa shape index (κ2) is 21.1. The number of nitrogens with one attached hydrogen (secondary N) is 2. The first-order valence-electron chi connectivity index (χ1n) is 19.5. The van der Waals surface area contributed by atoms with Crippen LogP contribution in [0.5, 0.6) is 0 Å². The minimum atomic E-state index is -1.39. The first-order chi connectivity index (χ1) is 27.1. The quantitative estimate of drug-likeness (QED) is 0.0811. The van der Waals surface area contributed by atoms with E-state index in [2.05, 4.69) is 35.3 Å². The Bertz CT molecular complexity index is 1980. The zero-order valence-electron chi connectivity index (χ0n) is 35.9. The normalized spacial score (nSPS) is 12.5. The Morgan fingerprint density at radius 1 is 1.09 bits per heavy atom. The van der Waals surface area contributed by atoms with Crippen LogP contribution in [0.3, 0.4) is 0 Å². The van der Waals surface area contributed by atoms with Crippen LogP contribution in [0.4, 0.5) is 19.7 Å². The minimum Gasteiger partial charge on any atom is -0.448 e. The van der Waals surface area contributed by atoms with Gasteiger partial charge in [-0.05, 0) is 76.3 Å². The van der Waals surface area contributed by atoms with Gasteiger partial charge in [-0.15, -0.1) is 0 Å². The summed E-state index contributed by atoms with van der Waals surface area (Å²) in [4.78, 5) is 71.8. The monoisotopic (exact) mass is 827 g/mol. The van der Waals surface area contributed by atoms with Crippen LogP contribution in [-0.4, -0.2) is 109 Å². The molecule has 2 N–H and O–H groups in total. The maximum atomic E-state index is 15.3. The Labute approximate surface area is 341 Å². The zero-order chi connectivity index (χ0) is 43.4. The van der Waals surface area contributed by atoms with Crippen molar-refractivity contribution in [1.29, 1.82) is 0 Å². The van der Waals surface area contributed by atoms with Crippen molar-refractivity contribution in [3.05, 3.63) is 70.2 Å². The number of pyridine rings is 2. The molecule has 1 unspecified atom stereocenters. The van der Waals surface area contributed by atoms with Crippen LogP contribution in [0, 0.1) is 11.7 Å². The zero-order valence-corrected chi connectivity index (χ0v) is 36.9. The van der Waals surface area contributed by atoms with Gasteiger partial charge in [0, 0.05) is 53.3 Å². The number of hydrogen-bond donors (Lipinski definition) is 2. The highest BCUT2D eigenvalue weighted by molar-refractivity contribution is 6.76. The molecule has 3 heterocycles. The maximum Gasteiger partial charge on any atom is 0.410 e. The lowest BCUT2D eigenvalue weighted by molar-refractivity contribution is -0.123. The van der Waals surface area contributed by atoms with Crippen molar-refractivity contribution in [2.24, 2.45) is 5.92 Å². The first kappa shape index (κ1) is 47.3. The standard InChI is InChI=1S/C41H62FN7O8Si/c1-28(2)23-30-31(42)25-43-34-24-29(49(36(30)34)27-55-21-22-58(9,10)11)26-48-18-14-16-33(38(48)52)44-37(51)32(15-12-13-17-35(50)46(6)7)45-39(53)56-20-19-47(8)40(54)57-41(3,4)5/h13-14,16-18,24-25,28,32H,12,15,19-23,26-27H2,1-11H3,(H,44,51)(H,45,53)/b17-13+. The van der Waals surface area contributed by atoms with Crippen molar-refractivity contribution in [3.8, 4) is 0 Å². The van der Waals surface area contributed by atoms with Crippen LogP contribution in [0.1, 0.15) is 58.7 Å². The summed E-state index contributed by atoms with van der Waals surface area (Å²) in [7, 11) is 3.33. The first-order valence-corrected chi connectivity index (χ1v) is 23.3. The number of alkyl carbamates (subject to hydrolysis) is 1. The summed E-state index contributed by atoms with van der Waals surface area (Å²) in [5.74, 6) is -1.17. The highest BCUT2D eigenvalue weighted by atomic mass is 28.3. The molecule has 3 aromatic rings. The predicted octanol–water partition coefficient (Wildman–Crippen LogP) is 6.22. The van der Waals surface area contributed by atoms with E-state index in [1.807, 2.05) is 24.5 Å². The number of anilines is 1. The molecule has 0 aliphatic heterocycles. The number of halogens is 1. The fourth-order valence-corrected chi connectivity index (χ4v) is 6.40. The van der Waals surface area contributed by atoms with Gasteiger partial charge in [0.05, 0.1) is 30.3 Å². The number of ether oxygens (including phenoxy) is 3. The molecule has 0 aromatic carbocycles. The summed E-state index contributed by atoms with van der Waals surface area (Å²) in [5.41, 5.74) is 1.14. The SMILES string of the molecule is CC(C)Cc1c(F)cnc2cc(Cn3cccc(NC(=O)C(CC/C=C/C(=O)N(C)C)NC(=O)OCCN(C)C(=O)OC(C)(C)C)c3=O)n(COCC[Si](C)(C)C)c12. The minimum absolute atomic E-state index is 0.0335. The molecule has 0 saturated heterocycles. The molecule has 4 amide bonds. The summed E-state index contributed by atoms with van der Waals surface area (Å²) in [6.07, 6.45) is 5.04. The van der Waals surface area contributed by atoms with Crippen LogP contribution in [0.15, 0.2) is 47.5 Å². The Hall–Kier alpha value is -5.03. The summed E-state index contributed by atoms with van der Waals surface area (Å²) in [6.45, 7) is 16.6. The number of carbonyl (C=O) groups is 4. The van der Waals surface area contributed by atoms with E-state index < -0.39 is 49.2 Å². The number of fused-ring (bicyclic) bond motifs is 1. The topological polar surface area (TPSA) is 166 Å². The Morgan fingerprint density at radius 3 is 2.43 bits per heavy atom. The number of allylic oxidation sites excluding steroid dienone is 1. The van der Waals surface area contributed by atoms with Gasteiger partial charge in [0.15, 0.2) is 0 Å². The van der Waals surface area contributed by atoms with E-state index in [4.69, 9.17) is 14.2 Å². The molecular formula is C41H62FN7O8Si. The van der Waals surface area contributed by atoms with Crippen LogP contribution < -0.4 is 16.2 Å². The Kier molecular flexibility index (Phi) is 17.2. The largest absolute Gasteiger partial charge is 0.448 e. The van der Waals surface area contributed by atoms with E-state index in [0.29, 0.717) is 35.3 Å². The lowest BCUT2D eigenvalue weighted by atomic mass is 10.0. The lowest BCUT2D eigenvalue weighted by Crippen LogP contribution is -2.45. The molecule has 0 aliphatic rings. The average molecular weight is 828 g/mol. The number of aromatic nitrogens is 3. The van der Waals surface area contributed by atoms with Gasteiger partial charge in [-0.3, -0.25) is 19.4 Å². The number of nitrogens with zero attached hydrogens (tertiary/aromatic N) is 5. The number of likely N-dealkylation sites (N-methyl/N-ethyl adjacent to an activating group) is 2. The van der Waals surface area contributed by atoms with Gasteiger partial charge in [-0.2, -0.15) is 0 Å². The van der Waals surface area contributed by atoms with Gasteiger partial charge in [-0.1, -0.05) is 39.6 Å². The highest BCUT2D eigenvalue weighted by Crippen LogP contribution is 2.27. The predicted molar refractivity (Wildman–Crippen MR) is 225 cm³/mol. The van der Waals surface area contributed by atoms with E-state index in [0.717, 1.165) is 6.04 Å². The number of carbonyl (C=O) groups excluding carboxylic acids is 4. The second-order valence-corrected chi connectivity index (χ2v) is 22.7. The van der Waals surface area contributed by atoms with Crippen molar-refractivity contribution >= 4 is 48.8 Å². The van der Waals surface area contributed by atoms with Gasteiger partial charge in [-0.25, -0.2) is 14.0 Å². The van der Waals surface area contributed by atoms with Crippen molar-refractivity contribution in [2.45, 2.75) is 104 Å². The summed E-state index contributed by atoms with van der Waals surface area (Å²) in [6, 6.07) is 4.67. The second-order valence-electron chi connectivity index (χ2n) is 17.1. The van der Waals surface area contributed by atoms with Gasteiger partial charge >= 0.3 is 12.2 Å². The molecule has 0 saturated carbocycles. The molecule has 0 bridgehead atoms. The Balaban J connectivity index is 1.86. The van der Waals surface area contributed by atoms with Crippen molar-refractivity contribution in [2.75, 3.05) is 46.2 Å². The van der Waals surface area contributed by atoms with Crippen molar-refractivity contribution < 1.29 is 37.8 Å². The molecule has 0 spiro atoms. The third kappa shape index (κ3) is 15.0. The van der Waals surface area contributed by atoms with Crippen LogP contribution >= 0.6 is 0 Å². The fraction of sp³-hybridized carbons (Fsp3) is 0.561. The number of amides is 4. The highest BCUT2D eigenvalue weighted by Gasteiger charge is 2.25. The van der Waals surface area contributed by atoms with E-state index in [1.54, 1.807) is 53.2 Å². The van der Waals surface area contributed by atoms with Crippen LogP contribution in [0.2, 0.25) is 25.7 Å². The van der Waals surface area contributed by atoms with Gasteiger partial charge < -0.3 is 43.8 Å². The molecule has 320 valence electrons. The van der Waals surface area contributed by atoms with E-state index >= 15 is 4.39 Å². The summed E-state index contributed by atoms with van der Waals surface area (Å²) < 4.78 is 35.3. The summed E-state index contributed by atoms with van der Waals surface area (Å²) in [5, 5.41) is 5.20. The molecule has 0 aliphatic carbocycles. The number of hydrogen-bond acceptors (Lipinski definition) is 9. The van der Waals surface area contributed by atoms with E-state index in [1.165, 1.54) is 39.8 Å². The molecule has 0 fully saturated rings. The van der Waals surface area contributed by atoms with E-state index in [-0.39, 0.29) is 56.8 Å². The van der Waals surface area contributed by atoms with Crippen molar-refractivity contribution in [3.63, 3.8) is 0 Å². The summed E-state index contributed by atoms with van der Waals surface area (Å²) >= 11 is 0. The molecule has 3 rings (SSSR count). The molecular weight excluding hydrogens is 766 g/mol. The average Bonchev–Trinajstić information content (AvgIpc) is 3.46. The fourth-order valence-electron chi connectivity index (χ4n) is 5.64. The number of rotatable bonds is 19. The van der Waals surface area contributed by atoms with Gasteiger partial charge in [0.2, 0.25) is 11.8 Å². The molecule has 15 nitrogen and oxygen atoms in total. The Morgan fingerprint density at radius 2 is 1.79 bits per heavy atom. The lowest BCUT2D eigenvalue weighted by Gasteiger charge is -2.24. The third-order valence-electron chi connectivity index (χ3n) is 8.79. The smallest absolute Gasteiger partial charge is 0.410 e. The maximum absolute atomic E-state index is 15.3.